The monoisotopic (exact) mass is 298 g/mol. The van der Waals surface area contributed by atoms with Crippen LogP contribution in [0.2, 0.25) is 0 Å². The third kappa shape index (κ3) is 3.49. The second-order valence-electron chi connectivity index (χ2n) is 4.35. The van der Waals surface area contributed by atoms with Crippen molar-refractivity contribution in [3.63, 3.8) is 0 Å². The quantitative estimate of drug-likeness (QED) is 0.801. The third-order valence-corrected chi connectivity index (χ3v) is 4.26. The van der Waals surface area contributed by atoms with Crippen LogP contribution < -0.4 is 10.8 Å². The van der Waals surface area contributed by atoms with E-state index in [0.717, 1.165) is 0 Å². The molecule has 1 aliphatic rings. The number of rotatable bonds is 4. The van der Waals surface area contributed by atoms with Crippen LogP contribution in [0.25, 0.3) is 0 Å². The maximum atomic E-state index is 13.6. The van der Waals surface area contributed by atoms with E-state index >= 15 is 0 Å². The van der Waals surface area contributed by atoms with Gasteiger partial charge in [0.1, 0.15) is 11.9 Å². The maximum Gasteiger partial charge on any atom is 0.266 e. The Bertz CT molecular complexity index is 512. The minimum atomic E-state index is -0.621. The van der Waals surface area contributed by atoms with Crippen molar-refractivity contribution in [3.05, 3.63) is 35.6 Å². The fraction of sp³-hybridized carbons (Fsp3) is 0.385. The van der Waals surface area contributed by atoms with Crippen LogP contribution in [0.5, 0.6) is 0 Å². The van der Waals surface area contributed by atoms with Gasteiger partial charge in [0.15, 0.2) is 0 Å². The SMILES string of the molecule is CONC(=O)C1CSC(Cc2ccccc2F)C(=O)N1. The molecule has 5 nitrogen and oxygen atoms in total. The highest BCUT2D eigenvalue weighted by Gasteiger charge is 2.32. The molecule has 1 saturated heterocycles. The van der Waals surface area contributed by atoms with Crippen molar-refractivity contribution in [3.8, 4) is 0 Å². The van der Waals surface area contributed by atoms with E-state index < -0.39 is 17.2 Å². The van der Waals surface area contributed by atoms with Gasteiger partial charge in [0.25, 0.3) is 5.91 Å². The molecule has 2 rings (SSSR count). The van der Waals surface area contributed by atoms with Gasteiger partial charge >= 0.3 is 0 Å². The molecule has 0 aromatic heterocycles. The Hall–Kier alpha value is -1.60. The summed E-state index contributed by atoms with van der Waals surface area (Å²) in [6, 6.07) is 5.75. The first-order chi connectivity index (χ1) is 9.61. The summed E-state index contributed by atoms with van der Waals surface area (Å²) in [6.07, 6.45) is 0.307. The predicted molar refractivity (Wildman–Crippen MR) is 73.4 cm³/mol. The summed E-state index contributed by atoms with van der Waals surface area (Å²) in [6.45, 7) is 0. The van der Waals surface area contributed by atoms with Crippen LogP contribution in [0.1, 0.15) is 5.56 Å². The van der Waals surface area contributed by atoms with E-state index in [4.69, 9.17) is 0 Å². The lowest BCUT2D eigenvalue weighted by atomic mass is 10.1. The summed E-state index contributed by atoms with van der Waals surface area (Å²) < 4.78 is 13.6. The minimum Gasteiger partial charge on any atom is -0.342 e. The number of hydrogen-bond acceptors (Lipinski definition) is 4. The molecule has 1 aromatic carbocycles. The molecule has 2 atom stereocenters. The molecular formula is C13H15FN2O3S. The van der Waals surface area contributed by atoms with E-state index in [0.29, 0.717) is 17.7 Å². The maximum absolute atomic E-state index is 13.6. The van der Waals surface area contributed by atoms with Gasteiger partial charge in [-0.3, -0.25) is 14.4 Å². The highest BCUT2D eigenvalue weighted by molar-refractivity contribution is 8.00. The molecule has 2 N–H and O–H groups in total. The van der Waals surface area contributed by atoms with Gasteiger partial charge in [-0.25, -0.2) is 9.87 Å². The molecule has 1 aromatic rings. The van der Waals surface area contributed by atoms with Crippen LogP contribution in [-0.2, 0) is 20.8 Å². The number of carbonyl (C=O) groups is 2. The topological polar surface area (TPSA) is 67.4 Å². The number of benzene rings is 1. The van der Waals surface area contributed by atoms with E-state index in [-0.39, 0.29) is 11.7 Å². The third-order valence-electron chi connectivity index (χ3n) is 2.96. The molecule has 2 unspecified atom stereocenters. The second kappa shape index (κ2) is 6.71. The summed E-state index contributed by atoms with van der Waals surface area (Å²) in [7, 11) is 1.33. The van der Waals surface area contributed by atoms with Crippen molar-refractivity contribution in [2.24, 2.45) is 0 Å². The van der Waals surface area contributed by atoms with Crippen molar-refractivity contribution in [1.29, 1.82) is 0 Å². The number of thioether (sulfide) groups is 1. The molecule has 1 heterocycles. The zero-order chi connectivity index (χ0) is 14.5. The Morgan fingerprint density at radius 1 is 1.55 bits per heavy atom. The summed E-state index contributed by atoms with van der Waals surface area (Å²) in [5, 5.41) is 2.23. The fourth-order valence-electron chi connectivity index (χ4n) is 1.92. The van der Waals surface area contributed by atoms with Crippen LogP contribution in [0.4, 0.5) is 4.39 Å². The summed E-state index contributed by atoms with van der Waals surface area (Å²) in [4.78, 5) is 28.0. The molecule has 1 aliphatic heterocycles. The van der Waals surface area contributed by atoms with E-state index in [1.165, 1.54) is 24.9 Å². The van der Waals surface area contributed by atoms with Crippen molar-refractivity contribution in [1.82, 2.24) is 10.8 Å². The van der Waals surface area contributed by atoms with E-state index in [9.17, 15) is 14.0 Å². The first kappa shape index (κ1) is 14.8. The zero-order valence-electron chi connectivity index (χ0n) is 10.9. The van der Waals surface area contributed by atoms with E-state index in [2.05, 4.69) is 15.6 Å². The zero-order valence-corrected chi connectivity index (χ0v) is 11.7. The Labute approximate surface area is 120 Å². The van der Waals surface area contributed by atoms with Gasteiger partial charge in [-0.05, 0) is 18.1 Å². The summed E-state index contributed by atoms with van der Waals surface area (Å²) >= 11 is 1.34. The minimum absolute atomic E-state index is 0.263. The van der Waals surface area contributed by atoms with Gasteiger partial charge in [-0.15, -0.1) is 11.8 Å². The molecule has 108 valence electrons. The molecule has 0 bridgehead atoms. The molecule has 2 amide bonds. The molecule has 0 aliphatic carbocycles. The first-order valence-corrected chi connectivity index (χ1v) is 7.15. The van der Waals surface area contributed by atoms with Crippen molar-refractivity contribution in [2.45, 2.75) is 17.7 Å². The van der Waals surface area contributed by atoms with Crippen molar-refractivity contribution < 1.29 is 18.8 Å². The highest BCUT2D eigenvalue weighted by atomic mass is 32.2. The molecule has 1 fully saturated rings. The van der Waals surface area contributed by atoms with E-state index in [1.54, 1.807) is 18.2 Å². The first-order valence-electron chi connectivity index (χ1n) is 6.10. The fourth-order valence-corrected chi connectivity index (χ4v) is 3.10. The number of amides is 2. The standard InChI is InChI=1S/C13H15FN2O3S/c1-19-16-12(17)10-7-20-11(13(18)15-10)6-8-4-2-3-5-9(8)14/h2-5,10-11H,6-7H2,1H3,(H,15,18)(H,16,17). The van der Waals surface area contributed by atoms with E-state index in [1.807, 2.05) is 0 Å². The molecular weight excluding hydrogens is 283 g/mol. The van der Waals surface area contributed by atoms with Gasteiger partial charge in [-0.1, -0.05) is 18.2 Å². The highest BCUT2D eigenvalue weighted by Crippen LogP contribution is 2.23. The summed E-state index contributed by atoms with van der Waals surface area (Å²) in [5.41, 5.74) is 2.68. The lowest BCUT2D eigenvalue weighted by Crippen LogP contribution is -2.54. The smallest absolute Gasteiger partial charge is 0.266 e. The number of carbonyl (C=O) groups excluding carboxylic acids is 2. The van der Waals surface area contributed by atoms with Crippen molar-refractivity contribution in [2.75, 3.05) is 12.9 Å². The Morgan fingerprint density at radius 2 is 2.30 bits per heavy atom. The second-order valence-corrected chi connectivity index (χ2v) is 5.58. The van der Waals surface area contributed by atoms with Crippen LogP contribution in [0.3, 0.4) is 0 Å². The summed E-state index contributed by atoms with van der Waals surface area (Å²) in [5.74, 6) is -0.543. The lowest BCUT2D eigenvalue weighted by molar-refractivity contribution is -0.136. The molecule has 0 spiro atoms. The molecule has 7 heteroatoms. The van der Waals surface area contributed by atoms with Crippen LogP contribution in [0.15, 0.2) is 24.3 Å². The number of hydroxylamine groups is 1. The Balaban J connectivity index is 1.95. The predicted octanol–water partition coefficient (Wildman–Crippen LogP) is 0.646. The van der Waals surface area contributed by atoms with Crippen LogP contribution in [0, 0.1) is 5.82 Å². The van der Waals surface area contributed by atoms with Gasteiger partial charge in [0.2, 0.25) is 5.91 Å². The van der Waals surface area contributed by atoms with Gasteiger partial charge < -0.3 is 5.32 Å². The number of hydrogen-bond donors (Lipinski definition) is 2. The van der Waals surface area contributed by atoms with Crippen LogP contribution >= 0.6 is 11.8 Å². The normalized spacial score (nSPS) is 22.2. The van der Waals surface area contributed by atoms with Crippen molar-refractivity contribution >= 4 is 23.6 Å². The molecule has 0 radical (unpaired) electrons. The number of nitrogens with one attached hydrogen (secondary N) is 2. The molecule has 20 heavy (non-hydrogen) atoms. The van der Waals surface area contributed by atoms with Gasteiger partial charge in [0.05, 0.1) is 12.4 Å². The average Bonchev–Trinajstić information content (AvgIpc) is 2.43. The Kier molecular flexibility index (Phi) is 4.97. The number of halogens is 1. The van der Waals surface area contributed by atoms with Gasteiger partial charge in [-0.2, -0.15) is 0 Å². The van der Waals surface area contributed by atoms with Crippen LogP contribution in [-0.4, -0.2) is 36.0 Å². The average molecular weight is 298 g/mol. The van der Waals surface area contributed by atoms with Gasteiger partial charge in [0, 0.05) is 5.75 Å². The largest absolute Gasteiger partial charge is 0.342 e. The molecule has 0 saturated carbocycles. The Morgan fingerprint density at radius 3 is 2.95 bits per heavy atom. The lowest BCUT2D eigenvalue weighted by Gasteiger charge is -2.27.